The first-order valence-corrected chi connectivity index (χ1v) is 28.7. The first-order chi connectivity index (χ1) is 31.2. The molecule has 0 unspecified atom stereocenters. The van der Waals surface area contributed by atoms with Crippen molar-refractivity contribution in [2.24, 2.45) is 11.8 Å². The van der Waals surface area contributed by atoms with Crippen molar-refractivity contribution in [2.75, 3.05) is 13.2 Å². The fourth-order valence-corrected chi connectivity index (χ4v) is 8.87. The molecule has 0 aromatic heterocycles. The Labute approximate surface area is 399 Å². The highest BCUT2D eigenvalue weighted by Crippen LogP contribution is 2.18. The van der Waals surface area contributed by atoms with Gasteiger partial charge in [-0.3, -0.25) is 14.4 Å². The van der Waals surface area contributed by atoms with E-state index in [1.54, 1.807) is 0 Å². The van der Waals surface area contributed by atoms with E-state index in [-0.39, 0.29) is 31.1 Å². The molecule has 0 heterocycles. The normalized spacial score (nSPS) is 12.0. The molecule has 0 aliphatic heterocycles. The molecule has 0 rings (SSSR count). The van der Waals surface area contributed by atoms with Crippen molar-refractivity contribution < 1.29 is 28.6 Å². The molecule has 0 N–H and O–H groups in total. The Morgan fingerprint density at radius 1 is 0.297 bits per heavy atom. The Morgan fingerprint density at radius 2 is 0.516 bits per heavy atom. The van der Waals surface area contributed by atoms with E-state index < -0.39 is 6.10 Å². The van der Waals surface area contributed by atoms with Crippen LogP contribution < -0.4 is 0 Å². The molecule has 64 heavy (non-hydrogen) atoms. The van der Waals surface area contributed by atoms with Gasteiger partial charge in [0.05, 0.1) is 0 Å². The fraction of sp³-hybridized carbons (Fsp3) is 0.948. The van der Waals surface area contributed by atoms with Gasteiger partial charge in [-0.1, -0.05) is 285 Å². The number of ether oxygens (including phenoxy) is 3. The van der Waals surface area contributed by atoms with E-state index >= 15 is 0 Å². The van der Waals surface area contributed by atoms with Crippen molar-refractivity contribution in [3.63, 3.8) is 0 Å². The zero-order chi connectivity index (χ0) is 46.8. The molecule has 0 bridgehead atoms. The number of rotatable bonds is 52. The molecular formula is C58H112O6. The molecule has 0 aromatic carbocycles. The van der Waals surface area contributed by atoms with Crippen molar-refractivity contribution in [2.45, 2.75) is 330 Å². The average molecular weight is 906 g/mol. The van der Waals surface area contributed by atoms with Crippen molar-refractivity contribution in [3.8, 4) is 0 Å². The second kappa shape index (κ2) is 50.8. The summed E-state index contributed by atoms with van der Waals surface area (Å²) < 4.78 is 16.9. The summed E-state index contributed by atoms with van der Waals surface area (Å²) in [6.45, 7) is 11.4. The molecular weight excluding hydrogens is 793 g/mol. The minimum absolute atomic E-state index is 0.0636. The minimum atomic E-state index is -0.762. The molecule has 0 saturated heterocycles. The Bertz CT molecular complexity index is 978. The summed E-state index contributed by atoms with van der Waals surface area (Å²) in [7, 11) is 0. The van der Waals surface area contributed by atoms with Gasteiger partial charge in [-0.15, -0.1) is 0 Å². The minimum Gasteiger partial charge on any atom is -0.462 e. The van der Waals surface area contributed by atoms with Crippen LogP contribution in [0.3, 0.4) is 0 Å². The highest BCUT2D eigenvalue weighted by Gasteiger charge is 2.19. The molecule has 380 valence electrons. The zero-order valence-corrected chi connectivity index (χ0v) is 43.9. The summed E-state index contributed by atoms with van der Waals surface area (Å²) in [5, 5.41) is 0. The van der Waals surface area contributed by atoms with Crippen LogP contribution in [0.25, 0.3) is 0 Å². The Hall–Kier alpha value is -1.59. The van der Waals surface area contributed by atoms with Gasteiger partial charge in [0.2, 0.25) is 0 Å². The third-order valence-electron chi connectivity index (χ3n) is 13.2. The lowest BCUT2D eigenvalue weighted by molar-refractivity contribution is -0.167. The van der Waals surface area contributed by atoms with Crippen molar-refractivity contribution in [1.29, 1.82) is 0 Å². The first-order valence-electron chi connectivity index (χ1n) is 28.7. The molecule has 0 fully saturated rings. The lowest BCUT2D eigenvalue weighted by Crippen LogP contribution is -2.30. The van der Waals surface area contributed by atoms with Crippen LogP contribution >= 0.6 is 0 Å². The van der Waals surface area contributed by atoms with E-state index in [1.165, 1.54) is 212 Å². The van der Waals surface area contributed by atoms with Crippen molar-refractivity contribution >= 4 is 17.9 Å². The quantitative estimate of drug-likeness (QED) is 0.0344. The topological polar surface area (TPSA) is 78.9 Å². The number of carbonyl (C=O) groups is 3. The van der Waals surface area contributed by atoms with Crippen LogP contribution in [0.4, 0.5) is 0 Å². The van der Waals surface area contributed by atoms with Gasteiger partial charge < -0.3 is 14.2 Å². The second-order valence-electron chi connectivity index (χ2n) is 20.9. The van der Waals surface area contributed by atoms with Gasteiger partial charge in [-0.25, -0.2) is 0 Å². The number of hydrogen-bond donors (Lipinski definition) is 0. The summed E-state index contributed by atoms with van der Waals surface area (Å²) in [6.07, 6.45) is 53.9. The maximum Gasteiger partial charge on any atom is 0.306 e. The molecule has 1 atom stereocenters. The van der Waals surface area contributed by atoms with Crippen LogP contribution in [-0.2, 0) is 28.6 Å². The fourth-order valence-electron chi connectivity index (χ4n) is 8.87. The summed E-state index contributed by atoms with van der Waals surface area (Å²) in [6, 6.07) is 0. The Balaban J connectivity index is 4.19. The molecule has 0 aromatic rings. The highest BCUT2D eigenvalue weighted by molar-refractivity contribution is 5.71. The van der Waals surface area contributed by atoms with E-state index in [2.05, 4.69) is 34.6 Å². The van der Waals surface area contributed by atoms with E-state index in [0.717, 1.165) is 69.6 Å². The maximum atomic E-state index is 12.8. The van der Waals surface area contributed by atoms with Gasteiger partial charge >= 0.3 is 17.9 Å². The Morgan fingerprint density at radius 3 is 0.766 bits per heavy atom. The van der Waals surface area contributed by atoms with Crippen LogP contribution in [0.15, 0.2) is 0 Å². The number of esters is 3. The van der Waals surface area contributed by atoms with Gasteiger partial charge in [0.25, 0.3) is 0 Å². The van der Waals surface area contributed by atoms with E-state index in [9.17, 15) is 14.4 Å². The van der Waals surface area contributed by atoms with Gasteiger partial charge in [0.1, 0.15) is 13.2 Å². The summed E-state index contributed by atoms with van der Waals surface area (Å²) >= 11 is 0. The predicted molar refractivity (Wildman–Crippen MR) is 275 cm³/mol. The van der Waals surface area contributed by atoms with E-state index in [0.29, 0.717) is 19.3 Å². The van der Waals surface area contributed by atoms with E-state index in [4.69, 9.17) is 14.2 Å². The van der Waals surface area contributed by atoms with Crippen molar-refractivity contribution in [3.05, 3.63) is 0 Å². The summed E-state index contributed by atoms with van der Waals surface area (Å²) in [5.74, 6) is 0.793. The van der Waals surface area contributed by atoms with Crippen LogP contribution in [-0.4, -0.2) is 37.2 Å². The second-order valence-corrected chi connectivity index (χ2v) is 20.9. The van der Waals surface area contributed by atoms with Gasteiger partial charge in [0, 0.05) is 19.3 Å². The lowest BCUT2D eigenvalue weighted by atomic mass is 10.0. The van der Waals surface area contributed by atoms with Crippen molar-refractivity contribution in [1.82, 2.24) is 0 Å². The number of unbranched alkanes of at least 4 members (excludes halogenated alkanes) is 37. The van der Waals surface area contributed by atoms with E-state index in [1.807, 2.05) is 0 Å². The third kappa shape index (κ3) is 51.4. The monoisotopic (exact) mass is 905 g/mol. The third-order valence-corrected chi connectivity index (χ3v) is 13.2. The number of hydrogen-bond acceptors (Lipinski definition) is 6. The average Bonchev–Trinajstić information content (AvgIpc) is 3.27. The van der Waals surface area contributed by atoms with Crippen LogP contribution in [0.1, 0.15) is 324 Å². The van der Waals surface area contributed by atoms with Gasteiger partial charge in [-0.05, 0) is 31.1 Å². The smallest absolute Gasteiger partial charge is 0.306 e. The molecule has 0 aliphatic rings. The largest absolute Gasteiger partial charge is 0.462 e. The predicted octanol–water partition coefficient (Wildman–Crippen LogP) is 18.9. The molecule has 6 heteroatoms. The van der Waals surface area contributed by atoms with Crippen LogP contribution in [0.2, 0.25) is 0 Å². The molecule has 0 amide bonds. The SMILES string of the molecule is CCCCCCCCCCCCCCCCCC(=O)OC[C@H](COC(=O)CCCCCCCCCCCCCCCCCCCCC(C)C)OC(=O)CCCCCCCCCC(C)C. The molecule has 0 aliphatic carbocycles. The van der Waals surface area contributed by atoms with Gasteiger partial charge in [0.15, 0.2) is 6.10 Å². The molecule has 0 saturated carbocycles. The maximum absolute atomic E-state index is 12.8. The summed E-state index contributed by atoms with van der Waals surface area (Å²) in [5.41, 5.74) is 0. The summed E-state index contributed by atoms with van der Waals surface area (Å²) in [4.78, 5) is 38.0. The standard InChI is InChI=1S/C58H112O6/c1-6-7-8-9-10-11-12-13-18-22-25-28-33-38-43-48-56(59)62-51-55(64-58(61)50-45-40-35-30-32-37-42-47-54(4)5)52-63-57(60)49-44-39-34-29-26-23-20-17-15-14-16-19-21-24-27-31-36-41-46-53(2)3/h53-55H,6-52H2,1-5H3/t55-/m1/s1. The molecule has 0 radical (unpaired) electrons. The molecule has 6 nitrogen and oxygen atoms in total. The Kier molecular flexibility index (Phi) is 49.6. The highest BCUT2D eigenvalue weighted by atomic mass is 16.6. The molecule has 0 spiro atoms. The number of carbonyl (C=O) groups excluding carboxylic acids is 3. The first kappa shape index (κ1) is 62.4. The zero-order valence-electron chi connectivity index (χ0n) is 43.9. The van der Waals surface area contributed by atoms with Gasteiger partial charge in [-0.2, -0.15) is 0 Å². The van der Waals surface area contributed by atoms with Crippen LogP contribution in [0, 0.1) is 11.8 Å². The van der Waals surface area contributed by atoms with Crippen LogP contribution in [0.5, 0.6) is 0 Å². The lowest BCUT2D eigenvalue weighted by Gasteiger charge is -2.18.